The lowest BCUT2D eigenvalue weighted by Crippen LogP contribution is -2.36. The number of anilines is 1. The minimum Gasteiger partial charge on any atom is -0.340 e. The van der Waals surface area contributed by atoms with Gasteiger partial charge in [0.1, 0.15) is 11.2 Å². The predicted octanol–water partition coefficient (Wildman–Crippen LogP) is 4.83. The van der Waals surface area contributed by atoms with Gasteiger partial charge in [0.2, 0.25) is 5.95 Å². The average Bonchev–Trinajstić information content (AvgIpc) is 2.77. The van der Waals surface area contributed by atoms with Crippen LogP contribution in [0.1, 0.15) is 59.9 Å². The number of nitrogens with zero attached hydrogens (tertiary/aromatic N) is 6. The largest absolute Gasteiger partial charge is 0.389 e. The number of pyridine rings is 1. The van der Waals surface area contributed by atoms with Gasteiger partial charge >= 0.3 is 6.18 Å². The van der Waals surface area contributed by atoms with E-state index in [1.54, 1.807) is 20.0 Å². The molecule has 1 atom stereocenters. The lowest BCUT2D eigenvalue weighted by atomic mass is 9.91. The Morgan fingerprint density at radius 1 is 1.12 bits per heavy atom. The van der Waals surface area contributed by atoms with Gasteiger partial charge in [-0.1, -0.05) is 0 Å². The number of fused-ring (bicyclic) bond motifs is 1. The minimum atomic E-state index is -4.35. The number of alkyl halides is 3. The maximum absolute atomic E-state index is 12.8. The highest BCUT2D eigenvalue weighted by atomic mass is 19.4. The third-order valence-corrected chi connectivity index (χ3v) is 5.97. The van der Waals surface area contributed by atoms with Crippen molar-refractivity contribution in [2.45, 2.75) is 58.5 Å². The molecule has 0 aliphatic carbocycles. The first-order valence-electron chi connectivity index (χ1n) is 11.0. The summed E-state index contributed by atoms with van der Waals surface area (Å²) in [4.78, 5) is 24.4. The molecule has 3 aromatic heterocycles. The van der Waals surface area contributed by atoms with Crippen LogP contribution in [-0.4, -0.2) is 49.9 Å². The molecule has 0 aromatic carbocycles. The highest BCUT2D eigenvalue weighted by molar-refractivity contribution is 6.05. The van der Waals surface area contributed by atoms with Crippen LogP contribution < -0.4 is 4.90 Å². The van der Waals surface area contributed by atoms with Crippen LogP contribution in [0.15, 0.2) is 18.3 Å². The molecule has 1 N–H and O–H groups in total. The van der Waals surface area contributed by atoms with Crippen molar-refractivity contribution in [3.63, 3.8) is 0 Å². The molecule has 1 aliphatic rings. The molecule has 10 heteroatoms. The number of aromatic nitrogens is 5. The molecule has 1 saturated heterocycles. The van der Waals surface area contributed by atoms with Gasteiger partial charge in [-0.15, -0.1) is 0 Å². The highest BCUT2D eigenvalue weighted by Crippen LogP contribution is 2.30. The first kappa shape index (κ1) is 23.0. The van der Waals surface area contributed by atoms with Crippen molar-refractivity contribution in [1.29, 1.82) is 5.41 Å². The molecule has 4 rings (SSSR count). The van der Waals surface area contributed by atoms with Gasteiger partial charge in [0.05, 0.1) is 17.1 Å². The molecule has 0 spiro atoms. The molecule has 0 amide bonds. The topological polar surface area (TPSA) is 91.5 Å². The summed E-state index contributed by atoms with van der Waals surface area (Å²) in [5.74, 6) is 0.640. The van der Waals surface area contributed by atoms with E-state index in [2.05, 4.69) is 31.0 Å². The fourth-order valence-electron chi connectivity index (χ4n) is 4.09. The SMILES string of the molecule is Cc1cc(C2CCCN(c3nc(C(=N)CCC(F)(F)F)c4nc(C)c(C)nc4n3)C2)ccn1. The van der Waals surface area contributed by atoms with Crippen LogP contribution in [0, 0.1) is 26.2 Å². The van der Waals surface area contributed by atoms with E-state index in [4.69, 9.17) is 5.41 Å². The number of rotatable bonds is 5. The van der Waals surface area contributed by atoms with E-state index in [1.807, 2.05) is 17.9 Å². The second-order valence-corrected chi connectivity index (χ2v) is 8.55. The second kappa shape index (κ2) is 8.99. The van der Waals surface area contributed by atoms with Crippen molar-refractivity contribution in [3.8, 4) is 0 Å². The summed E-state index contributed by atoms with van der Waals surface area (Å²) in [5, 5.41) is 8.34. The monoisotopic (exact) mass is 457 g/mol. The molecule has 174 valence electrons. The first-order chi connectivity index (χ1) is 15.6. The van der Waals surface area contributed by atoms with Crippen molar-refractivity contribution in [1.82, 2.24) is 24.9 Å². The summed E-state index contributed by atoms with van der Waals surface area (Å²) < 4.78 is 38.4. The average molecular weight is 458 g/mol. The second-order valence-electron chi connectivity index (χ2n) is 8.55. The normalized spacial score (nSPS) is 16.9. The molecule has 1 aliphatic heterocycles. The van der Waals surface area contributed by atoms with E-state index in [-0.39, 0.29) is 22.8 Å². The maximum atomic E-state index is 12.8. The lowest BCUT2D eigenvalue weighted by Gasteiger charge is -2.33. The van der Waals surface area contributed by atoms with Gasteiger partial charge in [-0.3, -0.25) is 4.98 Å². The molecule has 1 fully saturated rings. The van der Waals surface area contributed by atoms with Gasteiger partial charge in [-0.05, 0) is 57.7 Å². The molecule has 33 heavy (non-hydrogen) atoms. The summed E-state index contributed by atoms with van der Waals surface area (Å²) in [7, 11) is 0. The lowest BCUT2D eigenvalue weighted by molar-refractivity contribution is -0.132. The van der Waals surface area contributed by atoms with E-state index in [0.717, 1.165) is 25.1 Å². The molecular formula is C23H26F3N7. The van der Waals surface area contributed by atoms with Gasteiger partial charge in [0.15, 0.2) is 5.65 Å². The molecular weight excluding hydrogens is 431 g/mol. The van der Waals surface area contributed by atoms with E-state index in [9.17, 15) is 13.2 Å². The Labute approximate surface area is 190 Å². The summed E-state index contributed by atoms with van der Waals surface area (Å²) in [6.45, 7) is 6.92. The molecule has 4 heterocycles. The summed E-state index contributed by atoms with van der Waals surface area (Å²) in [5.41, 5.74) is 3.95. The van der Waals surface area contributed by atoms with Gasteiger partial charge < -0.3 is 10.3 Å². The van der Waals surface area contributed by atoms with Crippen LogP contribution in [0.5, 0.6) is 0 Å². The number of aryl methyl sites for hydroxylation is 3. The fourth-order valence-corrected chi connectivity index (χ4v) is 4.09. The zero-order valence-electron chi connectivity index (χ0n) is 18.9. The maximum Gasteiger partial charge on any atom is 0.389 e. The zero-order chi connectivity index (χ0) is 23.8. The standard InChI is InChI=1S/C23H26F3N7/c1-13-11-16(7-9-28-13)17-5-4-10-33(12-17)22-31-19(18(27)6-8-23(24,25)26)20-21(32-22)30-15(3)14(2)29-20/h7,9,11,17,27H,4-6,8,10,12H2,1-3H3. The van der Waals surface area contributed by atoms with E-state index < -0.39 is 19.0 Å². The molecule has 0 radical (unpaired) electrons. The summed E-state index contributed by atoms with van der Waals surface area (Å²) in [6.07, 6.45) is -2.16. The Morgan fingerprint density at radius 2 is 1.88 bits per heavy atom. The van der Waals surface area contributed by atoms with Crippen molar-refractivity contribution in [2.75, 3.05) is 18.0 Å². The van der Waals surface area contributed by atoms with Gasteiger partial charge in [-0.25, -0.2) is 15.0 Å². The quantitative estimate of drug-likeness (QED) is 0.552. The van der Waals surface area contributed by atoms with Crippen molar-refractivity contribution < 1.29 is 13.2 Å². The number of piperidine rings is 1. The highest BCUT2D eigenvalue weighted by Gasteiger charge is 2.29. The van der Waals surface area contributed by atoms with Crippen molar-refractivity contribution >= 4 is 22.8 Å². The van der Waals surface area contributed by atoms with Crippen LogP contribution in [0.25, 0.3) is 11.2 Å². The minimum absolute atomic E-state index is 0.122. The van der Waals surface area contributed by atoms with Gasteiger partial charge in [0.25, 0.3) is 0 Å². The predicted molar refractivity (Wildman–Crippen MR) is 120 cm³/mol. The van der Waals surface area contributed by atoms with Crippen molar-refractivity contribution in [2.24, 2.45) is 0 Å². The van der Waals surface area contributed by atoms with Gasteiger partial charge in [-0.2, -0.15) is 18.2 Å². The van der Waals surface area contributed by atoms with E-state index in [0.29, 0.717) is 29.5 Å². The Bertz CT molecular complexity index is 1190. The smallest absolute Gasteiger partial charge is 0.340 e. The zero-order valence-corrected chi connectivity index (χ0v) is 18.9. The Morgan fingerprint density at radius 3 is 2.61 bits per heavy atom. The Hall–Kier alpha value is -3.17. The van der Waals surface area contributed by atoms with Crippen molar-refractivity contribution in [3.05, 3.63) is 46.7 Å². The number of nitrogens with one attached hydrogen (secondary N) is 1. The van der Waals surface area contributed by atoms with E-state index in [1.165, 1.54) is 5.56 Å². The molecule has 0 bridgehead atoms. The fraction of sp³-hybridized carbons (Fsp3) is 0.478. The summed E-state index contributed by atoms with van der Waals surface area (Å²) >= 11 is 0. The molecule has 7 nitrogen and oxygen atoms in total. The molecule has 0 saturated carbocycles. The van der Waals surface area contributed by atoms with Crippen LogP contribution in [0.3, 0.4) is 0 Å². The summed E-state index contributed by atoms with van der Waals surface area (Å²) in [6, 6.07) is 4.09. The third-order valence-electron chi connectivity index (χ3n) is 5.97. The third kappa shape index (κ3) is 5.26. The molecule has 3 aromatic rings. The van der Waals surface area contributed by atoms with E-state index >= 15 is 0 Å². The Balaban J connectivity index is 1.71. The Kier molecular flexibility index (Phi) is 6.27. The number of hydrogen-bond donors (Lipinski definition) is 1. The van der Waals surface area contributed by atoms with Crippen LogP contribution in [-0.2, 0) is 0 Å². The van der Waals surface area contributed by atoms with Gasteiger partial charge in [0, 0.05) is 37.3 Å². The first-order valence-corrected chi connectivity index (χ1v) is 11.0. The van der Waals surface area contributed by atoms with Crippen LogP contribution in [0.4, 0.5) is 19.1 Å². The number of halogens is 3. The molecule has 1 unspecified atom stereocenters. The number of hydrogen-bond acceptors (Lipinski definition) is 7. The van der Waals surface area contributed by atoms with Crippen LogP contribution >= 0.6 is 0 Å². The van der Waals surface area contributed by atoms with Crippen LogP contribution in [0.2, 0.25) is 0 Å².